The summed E-state index contributed by atoms with van der Waals surface area (Å²) in [5.74, 6) is 0.164. The molecule has 2 N–H and O–H groups in total. The van der Waals surface area contributed by atoms with Gasteiger partial charge in [0.2, 0.25) is 11.8 Å². The van der Waals surface area contributed by atoms with E-state index in [9.17, 15) is 9.59 Å². The molecule has 0 aromatic heterocycles. The molecule has 0 saturated heterocycles. The molecule has 1 atom stereocenters. The van der Waals surface area contributed by atoms with E-state index in [4.69, 9.17) is 27.9 Å². The van der Waals surface area contributed by atoms with Crippen molar-refractivity contribution in [2.75, 3.05) is 30.8 Å². The Bertz CT molecular complexity index is 845. The quantitative estimate of drug-likeness (QED) is 0.664. The zero-order valence-electron chi connectivity index (χ0n) is 16.0. The number of nitrogens with zero attached hydrogens (tertiary/aromatic N) is 1. The zero-order chi connectivity index (χ0) is 20.7. The predicted molar refractivity (Wildman–Crippen MR) is 113 cm³/mol. The molecular formula is C20H23Cl2N3O3. The molecule has 0 aliphatic heterocycles. The van der Waals surface area contributed by atoms with E-state index in [-0.39, 0.29) is 18.4 Å². The molecule has 8 heteroatoms. The van der Waals surface area contributed by atoms with Crippen molar-refractivity contribution < 1.29 is 14.3 Å². The Morgan fingerprint density at radius 1 is 1.14 bits per heavy atom. The van der Waals surface area contributed by atoms with Crippen LogP contribution in [0.25, 0.3) is 0 Å². The van der Waals surface area contributed by atoms with Gasteiger partial charge in [-0.05, 0) is 43.8 Å². The third-order valence-corrected chi connectivity index (χ3v) is 4.77. The SMILES string of the molecule is CCN(CC(=O)Nc1cccc(OC)c1)C(C)C(=O)Nc1ccc(Cl)cc1Cl. The summed E-state index contributed by atoms with van der Waals surface area (Å²) in [5, 5.41) is 6.42. The molecular weight excluding hydrogens is 401 g/mol. The molecule has 2 rings (SSSR count). The highest BCUT2D eigenvalue weighted by atomic mass is 35.5. The van der Waals surface area contributed by atoms with Crippen LogP contribution in [-0.2, 0) is 9.59 Å². The Morgan fingerprint density at radius 3 is 2.54 bits per heavy atom. The van der Waals surface area contributed by atoms with Gasteiger partial charge in [0.05, 0.1) is 30.4 Å². The number of hydrogen-bond acceptors (Lipinski definition) is 4. The van der Waals surface area contributed by atoms with Gasteiger partial charge in [0.15, 0.2) is 0 Å². The smallest absolute Gasteiger partial charge is 0.241 e. The summed E-state index contributed by atoms with van der Waals surface area (Å²) in [6.45, 7) is 4.21. The fourth-order valence-corrected chi connectivity index (χ4v) is 3.06. The van der Waals surface area contributed by atoms with Crippen LogP contribution in [-0.4, -0.2) is 43.0 Å². The summed E-state index contributed by atoms with van der Waals surface area (Å²) >= 11 is 12.0. The number of rotatable bonds is 8. The van der Waals surface area contributed by atoms with Crippen LogP contribution in [0.5, 0.6) is 5.75 Å². The Kier molecular flexibility index (Phi) is 8.11. The highest BCUT2D eigenvalue weighted by Crippen LogP contribution is 2.25. The number of carbonyl (C=O) groups is 2. The minimum atomic E-state index is -0.534. The van der Waals surface area contributed by atoms with Crippen molar-refractivity contribution in [3.05, 3.63) is 52.5 Å². The molecule has 2 aromatic carbocycles. The van der Waals surface area contributed by atoms with Gasteiger partial charge in [-0.25, -0.2) is 0 Å². The van der Waals surface area contributed by atoms with E-state index >= 15 is 0 Å². The number of benzene rings is 2. The lowest BCUT2D eigenvalue weighted by molar-refractivity contribution is -0.123. The number of hydrogen-bond donors (Lipinski definition) is 2. The van der Waals surface area contributed by atoms with Crippen molar-refractivity contribution in [1.29, 1.82) is 0 Å². The molecule has 0 fully saturated rings. The van der Waals surface area contributed by atoms with Crippen molar-refractivity contribution in [1.82, 2.24) is 4.90 Å². The van der Waals surface area contributed by atoms with Gasteiger partial charge in [-0.15, -0.1) is 0 Å². The van der Waals surface area contributed by atoms with Gasteiger partial charge in [0.25, 0.3) is 0 Å². The van der Waals surface area contributed by atoms with Crippen LogP contribution in [0.2, 0.25) is 10.0 Å². The van der Waals surface area contributed by atoms with E-state index in [1.54, 1.807) is 61.4 Å². The van der Waals surface area contributed by atoms with E-state index in [2.05, 4.69) is 10.6 Å². The average Bonchev–Trinajstić information content (AvgIpc) is 2.67. The minimum absolute atomic E-state index is 0.0661. The van der Waals surface area contributed by atoms with Crippen LogP contribution in [0.15, 0.2) is 42.5 Å². The maximum Gasteiger partial charge on any atom is 0.241 e. The van der Waals surface area contributed by atoms with Gasteiger partial charge in [-0.3, -0.25) is 14.5 Å². The number of amides is 2. The van der Waals surface area contributed by atoms with E-state index in [1.165, 1.54) is 0 Å². The molecule has 0 aliphatic carbocycles. The average molecular weight is 424 g/mol. The number of anilines is 2. The van der Waals surface area contributed by atoms with Crippen LogP contribution in [0.4, 0.5) is 11.4 Å². The summed E-state index contributed by atoms with van der Waals surface area (Å²) in [6, 6.07) is 11.4. The summed E-state index contributed by atoms with van der Waals surface area (Å²) in [4.78, 5) is 26.7. The fraction of sp³-hybridized carbons (Fsp3) is 0.300. The van der Waals surface area contributed by atoms with Crippen LogP contribution in [0, 0.1) is 0 Å². The number of halogens is 2. The highest BCUT2D eigenvalue weighted by molar-refractivity contribution is 6.36. The van der Waals surface area contributed by atoms with Crippen molar-refractivity contribution in [2.45, 2.75) is 19.9 Å². The van der Waals surface area contributed by atoms with Gasteiger partial charge in [0.1, 0.15) is 5.75 Å². The third kappa shape index (κ3) is 6.12. The second-order valence-electron chi connectivity index (χ2n) is 6.13. The van der Waals surface area contributed by atoms with Gasteiger partial charge >= 0.3 is 0 Å². The molecule has 6 nitrogen and oxygen atoms in total. The molecule has 0 saturated carbocycles. The van der Waals surface area contributed by atoms with Crippen LogP contribution in [0.3, 0.4) is 0 Å². The molecule has 0 radical (unpaired) electrons. The Balaban J connectivity index is 1.98. The molecule has 0 spiro atoms. The van der Waals surface area contributed by atoms with Crippen molar-refractivity contribution >= 4 is 46.4 Å². The number of ether oxygens (including phenoxy) is 1. The molecule has 150 valence electrons. The topological polar surface area (TPSA) is 70.7 Å². The molecule has 0 aliphatic rings. The van der Waals surface area contributed by atoms with Crippen LogP contribution < -0.4 is 15.4 Å². The van der Waals surface area contributed by atoms with Crippen molar-refractivity contribution in [3.63, 3.8) is 0 Å². The first kappa shape index (κ1) is 22.0. The Morgan fingerprint density at radius 2 is 1.89 bits per heavy atom. The zero-order valence-corrected chi connectivity index (χ0v) is 17.5. The second-order valence-corrected chi connectivity index (χ2v) is 6.98. The van der Waals surface area contributed by atoms with Gasteiger partial charge in [-0.1, -0.05) is 36.2 Å². The first-order chi connectivity index (χ1) is 13.3. The molecule has 2 amide bonds. The molecule has 1 unspecified atom stereocenters. The Labute approximate surface area is 174 Å². The number of carbonyl (C=O) groups excluding carboxylic acids is 2. The van der Waals surface area contributed by atoms with Gasteiger partial charge < -0.3 is 15.4 Å². The minimum Gasteiger partial charge on any atom is -0.497 e. The largest absolute Gasteiger partial charge is 0.497 e. The lowest BCUT2D eigenvalue weighted by atomic mass is 10.2. The van der Waals surface area contributed by atoms with Crippen molar-refractivity contribution in [2.24, 2.45) is 0 Å². The Hall–Kier alpha value is -2.28. The predicted octanol–water partition coefficient (Wildman–Crippen LogP) is 4.29. The molecule has 28 heavy (non-hydrogen) atoms. The standard InChI is InChI=1S/C20H23Cl2N3O3/c1-4-25(12-19(26)23-15-6-5-7-16(11-15)28-3)13(2)20(27)24-18-9-8-14(21)10-17(18)22/h5-11,13H,4,12H2,1-3H3,(H,23,26)(H,24,27). The van der Waals surface area contributed by atoms with E-state index in [0.717, 1.165) is 0 Å². The first-order valence-corrected chi connectivity index (χ1v) is 9.53. The normalized spacial score (nSPS) is 11.8. The van der Waals surface area contributed by atoms with E-state index in [0.29, 0.717) is 33.7 Å². The maximum absolute atomic E-state index is 12.6. The summed E-state index contributed by atoms with van der Waals surface area (Å²) in [6.07, 6.45) is 0. The monoisotopic (exact) mass is 423 g/mol. The van der Waals surface area contributed by atoms with Crippen LogP contribution in [0.1, 0.15) is 13.8 Å². The maximum atomic E-state index is 12.6. The fourth-order valence-electron chi connectivity index (χ4n) is 2.60. The summed E-state index contributed by atoms with van der Waals surface area (Å²) < 4.78 is 5.15. The number of nitrogens with one attached hydrogen (secondary N) is 2. The lowest BCUT2D eigenvalue weighted by Crippen LogP contribution is -2.45. The van der Waals surface area contributed by atoms with Gasteiger partial charge in [0, 0.05) is 16.8 Å². The summed E-state index contributed by atoms with van der Waals surface area (Å²) in [5.41, 5.74) is 1.10. The van der Waals surface area contributed by atoms with E-state index < -0.39 is 6.04 Å². The molecule has 0 bridgehead atoms. The third-order valence-electron chi connectivity index (χ3n) is 4.22. The number of likely N-dealkylation sites (N-methyl/N-ethyl adjacent to an activating group) is 1. The van der Waals surface area contributed by atoms with Crippen molar-refractivity contribution in [3.8, 4) is 5.75 Å². The molecule has 2 aromatic rings. The highest BCUT2D eigenvalue weighted by Gasteiger charge is 2.23. The second kappa shape index (κ2) is 10.3. The lowest BCUT2D eigenvalue weighted by Gasteiger charge is -2.26. The summed E-state index contributed by atoms with van der Waals surface area (Å²) in [7, 11) is 1.56. The van der Waals surface area contributed by atoms with E-state index in [1.807, 2.05) is 6.92 Å². The number of methoxy groups -OCH3 is 1. The first-order valence-electron chi connectivity index (χ1n) is 8.78. The van der Waals surface area contributed by atoms with Crippen LogP contribution >= 0.6 is 23.2 Å². The van der Waals surface area contributed by atoms with Gasteiger partial charge in [-0.2, -0.15) is 0 Å². The molecule has 0 heterocycles.